The number of hydrogen-bond donors (Lipinski definition) is 4. The maximum atomic E-state index is 11.8. The SMILES string of the molecule is C=C(CO)C1CCC(C(=O)OO)C(C(=O)OO)C1C(=O)OO. The van der Waals surface area contributed by atoms with Crippen molar-refractivity contribution < 1.29 is 49.9 Å². The van der Waals surface area contributed by atoms with Gasteiger partial charge in [-0.05, 0) is 24.3 Å². The molecule has 1 fully saturated rings. The maximum absolute atomic E-state index is 11.8. The van der Waals surface area contributed by atoms with Crippen LogP contribution in [0.5, 0.6) is 0 Å². The van der Waals surface area contributed by atoms with Gasteiger partial charge >= 0.3 is 17.9 Å². The zero-order valence-corrected chi connectivity index (χ0v) is 11.4. The molecule has 22 heavy (non-hydrogen) atoms. The van der Waals surface area contributed by atoms with Crippen molar-refractivity contribution in [3.63, 3.8) is 0 Å². The summed E-state index contributed by atoms with van der Waals surface area (Å²) in [5.41, 5.74) is 0.168. The van der Waals surface area contributed by atoms with Gasteiger partial charge in [0.05, 0.1) is 24.4 Å². The van der Waals surface area contributed by atoms with Crippen molar-refractivity contribution in [2.75, 3.05) is 6.61 Å². The van der Waals surface area contributed by atoms with Gasteiger partial charge < -0.3 is 19.8 Å². The molecule has 0 amide bonds. The van der Waals surface area contributed by atoms with E-state index in [1.165, 1.54) is 0 Å². The molecule has 0 aliphatic heterocycles. The third-order valence-corrected chi connectivity index (χ3v) is 3.89. The molecule has 0 bridgehead atoms. The molecule has 1 aliphatic rings. The average molecular weight is 320 g/mol. The summed E-state index contributed by atoms with van der Waals surface area (Å²) in [6, 6.07) is 0. The highest BCUT2D eigenvalue weighted by Crippen LogP contribution is 2.43. The van der Waals surface area contributed by atoms with Gasteiger partial charge in [0, 0.05) is 0 Å². The largest absolute Gasteiger partial charge is 0.392 e. The van der Waals surface area contributed by atoms with Crippen molar-refractivity contribution in [1.82, 2.24) is 0 Å². The van der Waals surface area contributed by atoms with Gasteiger partial charge in [0.15, 0.2) is 0 Å². The summed E-state index contributed by atoms with van der Waals surface area (Å²) >= 11 is 0. The number of aliphatic hydroxyl groups excluding tert-OH is 1. The quantitative estimate of drug-likeness (QED) is 0.232. The molecule has 1 rings (SSSR count). The third kappa shape index (κ3) is 3.42. The second-order valence-electron chi connectivity index (χ2n) is 4.89. The first-order valence-electron chi connectivity index (χ1n) is 6.27. The summed E-state index contributed by atoms with van der Waals surface area (Å²) in [6.45, 7) is 3.05. The number of rotatable bonds is 5. The average Bonchev–Trinajstić information content (AvgIpc) is 2.57. The fourth-order valence-corrected chi connectivity index (χ4v) is 2.87. The maximum Gasteiger partial charge on any atom is 0.346 e. The monoisotopic (exact) mass is 320 g/mol. The van der Waals surface area contributed by atoms with Crippen LogP contribution in [-0.4, -0.2) is 45.4 Å². The second kappa shape index (κ2) is 7.84. The summed E-state index contributed by atoms with van der Waals surface area (Å²) in [5, 5.41) is 34.8. The van der Waals surface area contributed by atoms with E-state index in [2.05, 4.69) is 21.2 Å². The molecule has 0 aromatic carbocycles. The highest BCUT2D eigenvalue weighted by molar-refractivity contribution is 5.87. The molecule has 10 heteroatoms. The first-order valence-corrected chi connectivity index (χ1v) is 6.27. The van der Waals surface area contributed by atoms with E-state index in [0.717, 1.165) is 0 Å². The summed E-state index contributed by atoms with van der Waals surface area (Å²) in [4.78, 5) is 45.9. The normalized spacial score (nSPS) is 27.6. The van der Waals surface area contributed by atoms with Crippen LogP contribution in [0.4, 0.5) is 0 Å². The number of aliphatic hydroxyl groups is 1. The van der Waals surface area contributed by atoms with Gasteiger partial charge in [-0.1, -0.05) is 6.58 Å². The predicted octanol–water partition coefficient (Wildman–Crippen LogP) is -0.158. The molecule has 1 saturated carbocycles. The second-order valence-corrected chi connectivity index (χ2v) is 4.89. The van der Waals surface area contributed by atoms with Crippen LogP contribution >= 0.6 is 0 Å². The number of carbonyl (C=O) groups is 3. The molecule has 0 aromatic rings. The highest BCUT2D eigenvalue weighted by Gasteiger charge is 2.53. The van der Waals surface area contributed by atoms with Crippen LogP contribution in [0, 0.1) is 23.7 Å². The predicted molar refractivity (Wildman–Crippen MR) is 65.6 cm³/mol. The lowest BCUT2D eigenvalue weighted by Gasteiger charge is -2.38. The minimum atomic E-state index is -1.59. The van der Waals surface area contributed by atoms with Crippen molar-refractivity contribution >= 4 is 17.9 Å². The van der Waals surface area contributed by atoms with E-state index in [-0.39, 0.29) is 18.4 Å². The van der Waals surface area contributed by atoms with Gasteiger partial charge in [-0.2, -0.15) is 15.8 Å². The van der Waals surface area contributed by atoms with E-state index in [4.69, 9.17) is 20.9 Å². The molecule has 0 spiro atoms. The van der Waals surface area contributed by atoms with Crippen LogP contribution in [0.25, 0.3) is 0 Å². The number of carbonyl (C=O) groups excluding carboxylic acids is 3. The van der Waals surface area contributed by atoms with Crippen molar-refractivity contribution in [2.24, 2.45) is 23.7 Å². The summed E-state index contributed by atoms with van der Waals surface area (Å²) in [7, 11) is 0. The van der Waals surface area contributed by atoms with Crippen LogP contribution in [0.2, 0.25) is 0 Å². The van der Waals surface area contributed by atoms with Gasteiger partial charge in [-0.3, -0.25) is 0 Å². The summed E-state index contributed by atoms with van der Waals surface area (Å²) in [5.74, 6) is -8.99. The fraction of sp³-hybridized carbons (Fsp3) is 0.583. The molecule has 1 aliphatic carbocycles. The Kier molecular flexibility index (Phi) is 6.43. The Hall–Kier alpha value is -2.01. The summed E-state index contributed by atoms with van der Waals surface area (Å²) < 4.78 is 0. The molecule has 0 saturated heterocycles. The van der Waals surface area contributed by atoms with E-state index in [9.17, 15) is 14.4 Å². The van der Waals surface area contributed by atoms with Crippen LogP contribution in [0.3, 0.4) is 0 Å². The smallest absolute Gasteiger partial charge is 0.346 e. The Labute approximate surface area is 124 Å². The van der Waals surface area contributed by atoms with Crippen molar-refractivity contribution in [1.29, 1.82) is 0 Å². The van der Waals surface area contributed by atoms with Gasteiger partial charge in [-0.15, -0.1) is 0 Å². The van der Waals surface area contributed by atoms with Gasteiger partial charge in [-0.25, -0.2) is 14.4 Å². The molecular formula is C12H16O10. The van der Waals surface area contributed by atoms with E-state index < -0.39 is 48.2 Å². The Morgan fingerprint density at radius 3 is 1.68 bits per heavy atom. The molecular weight excluding hydrogens is 304 g/mol. The number of hydrogen-bond acceptors (Lipinski definition) is 10. The third-order valence-electron chi connectivity index (χ3n) is 3.89. The minimum absolute atomic E-state index is 0.0158. The molecule has 4 N–H and O–H groups in total. The zero-order valence-electron chi connectivity index (χ0n) is 11.4. The first kappa shape index (κ1) is 18.0. The molecule has 10 nitrogen and oxygen atoms in total. The van der Waals surface area contributed by atoms with Crippen LogP contribution in [0.1, 0.15) is 12.8 Å². The zero-order chi connectivity index (χ0) is 16.9. The molecule has 124 valence electrons. The Morgan fingerprint density at radius 1 is 0.864 bits per heavy atom. The van der Waals surface area contributed by atoms with Gasteiger partial charge in [0.1, 0.15) is 0 Å². The van der Waals surface area contributed by atoms with Crippen molar-refractivity contribution in [3.8, 4) is 0 Å². The Bertz CT molecular complexity index is 417. The molecule has 4 atom stereocenters. The lowest BCUT2D eigenvalue weighted by atomic mass is 9.64. The Morgan fingerprint density at radius 2 is 1.27 bits per heavy atom. The Balaban J connectivity index is 3.28. The lowest BCUT2D eigenvalue weighted by molar-refractivity contribution is -0.262. The first-order chi connectivity index (χ1) is 10.4. The summed E-state index contributed by atoms with van der Waals surface area (Å²) in [6.07, 6.45) is 0.103. The molecule has 0 radical (unpaired) electrons. The van der Waals surface area contributed by atoms with Gasteiger partial charge in [0.25, 0.3) is 0 Å². The van der Waals surface area contributed by atoms with Crippen LogP contribution in [0.15, 0.2) is 12.2 Å². The van der Waals surface area contributed by atoms with Crippen molar-refractivity contribution in [2.45, 2.75) is 12.8 Å². The minimum Gasteiger partial charge on any atom is -0.392 e. The van der Waals surface area contributed by atoms with E-state index in [1.807, 2.05) is 0 Å². The van der Waals surface area contributed by atoms with E-state index >= 15 is 0 Å². The standard InChI is InChI=1S/C12H16O10/c1-5(4-13)6-2-3-7(10(14)20-17)9(12(16)22-19)8(6)11(15)21-18/h6-9,13,17-19H,1-4H2. The fourth-order valence-electron chi connectivity index (χ4n) is 2.87. The van der Waals surface area contributed by atoms with E-state index in [0.29, 0.717) is 0 Å². The molecule has 0 heterocycles. The van der Waals surface area contributed by atoms with Crippen molar-refractivity contribution in [3.05, 3.63) is 12.2 Å². The van der Waals surface area contributed by atoms with Crippen LogP contribution in [-0.2, 0) is 29.0 Å². The molecule has 4 unspecified atom stereocenters. The van der Waals surface area contributed by atoms with Crippen LogP contribution < -0.4 is 0 Å². The topological polar surface area (TPSA) is 160 Å². The van der Waals surface area contributed by atoms with Gasteiger partial charge in [0.2, 0.25) is 0 Å². The highest BCUT2D eigenvalue weighted by atomic mass is 17.1. The van der Waals surface area contributed by atoms with E-state index in [1.54, 1.807) is 0 Å². The lowest BCUT2D eigenvalue weighted by Crippen LogP contribution is -2.48. The molecule has 0 aromatic heterocycles.